The van der Waals surface area contributed by atoms with E-state index in [0.29, 0.717) is 0 Å². The number of halogens is 2. The topological polar surface area (TPSA) is 12.9 Å². The van der Waals surface area contributed by atoms with Crippen LogP contribution in [-0.2, 0) is 6.42 Å². The SMILES string of the molecule is Cc1cc(F)ccc1C(Cl)Cc1ccncc1. The second-order valence-corrected chi connectivity index (χ2v) is 4.55. The molecular formula is C14H13ClFN. The molecule has 0 aliphatic rings. The van der Waals surface area contributed by atoms with E-state index in [4.69, 9.17) is 11.6 Å². The molecule has 1 aromatic heterocycles. The summed E-state index contributed by atoms with van der Waals surface area (Å²) < 4.78 is 13.0. The maximum absolute atomic E-state index is 13.0. The summed E-state index contributed by atoms with van der Waals surface area (Å²) in [6.45, 7) is 1.88. The summed E-state index contributed by atoms with van der Waals surface area (Å²) in [7, 11) is 0. The largest absolute Gasteiger partial charge is 0.265 e. The van der Waals surface area contributed by atoms with Crippen molar-refractivity contribution in [3.63, 3.8) is 0 Å². The highest BCUT2D eigenvalue weighted by Gasteiger charge is 2.11. The van der Waals surface area contributed by atoms with Gasteiger partial charge in [-0.2, -0.15) is 0 Å². The van der Waals surface area contributed by atoms with Crippen LogP contribution in [0.1, 0.15) is 22.1 Å². The molecule has 0 N–H and O–H groups in total. The summed E-state index contributed by atoms with van der Waals surface area (Å²) in [6.07, 6.45) is 4.21. The number of hydrogen-bond acceptors (Lipinski definition) is 1. The van der Waals surface area contributed by atoms with Gasteiger partial charge in [-0.25, -0.2) is 4.39 Å². The van der Waals surface area contributed by atoms with Crippen molar-refractivity contribution in [2.75, 3.05) is 0 Å². The highest BCUT2D eigenvalue weighted by atomic mass is 35.5. The summed E-state index contributed by atoms with van der Waals surface area (Å²) in [5, 5.41) is -0.141. The van der Waals surface area contributed by atoms with E-state index in [-0.39, 0.29) is 11.2 Å². The standard InChI is InChI=1S/C14H13ClFN/c1-10-8-12(16)2-3-13(10)14(15)9-11-4-6-17-7-5-11/h2-8,14H,9H2,1H3. The second kappa shape index (κ2) is 5.28. The molecule has 0 radical (unpaired) electrons. The van der Waals surface area contributed by atoms with Crippen molar-refractivity contribution >= 4 is 11.6 Å². The third-order valence-corrected chi connectivity index (χ3v) is 3.12. The predicted octanol–water partition coefficient (Wildman–Crippen LogP) is 4.05. The Balaban J connectivity index is 2.17. The van der Waals surface area contributed by atoms with Crippen LogP contribution in [0.2, 0.25) is 0 Å². The Morgan fingerprint density at radius 2 is 1.94 bits per heavy atom. The molecule has 17 heavy (non-hydrogen) atoms. The fourth-order valence-electron chi connectivity index (χ4n) is 1.83. The van der Waals surface area contributed by atoms with Gasteiger partial charge in [-0.1, -0.05) is 6.07 Å². The van der Waals surface area contributed by atoms with Crippen LogP contribution in [0.15, 0.2) is 42.7 Å². The monoisotopic (exact) mass is 249 g/mol. The molecule has 1 aromatic carbocycles. The second-order valence-electron chi connectivity index (χ2n) is 4.03. The zero-order valence-electron chi connectivity index (χ0n) is 9.53. The fraction of sp³-hybridized carbons (Fsp3) is 0.214. The van der Waals surface area contributed by atoms with Crippen molar-refractivity contribution < 1.29 is 4.39 Å². The summed E-state index contributed by atoms with van der Waals surface area (Å²) in [6, 6.07) is 8.59. The predicted molar refractivity (Wildman–Crippen MR) is 67.7 cm³/mol. The van der Waals surface area contributed by atoms with E-state index in [9.17, 15) is 4.39 Å². The van der Waals surface area contributed by atoms with Crippen LogP contribution in [0, 0.1) is 12.7 Å². The quantitative estimate of drug-likeness (QED) is 0.748. The molecule has 0 aliphatic heterocycles. The number of pyridine rings is 1. The van der Waals surface area contributed by atoms with Gasteiger partial charge in [0.1, 0.15) is 5.82 Å². The number of benzene rings is 1. The van der Waals surface area contributed by atoms with E-state index in [1.54, 1.807) is 18.5 Å². The highest BCUT2D eigenvalue weighted by molar-refractivity contribution is 6.21. The molecule has 0 saturated carbocycles. The van der Waals surface area contributed by atoms with E-state index < -0.39 is 0 Å². The van der Waals surface area contributed by atoms with Crippen LogP contribution in [-0.4, -0.2) is 4.98 Å². The molecule has 1 heterocycles. The molecule has 1 nitrogen and oxygen atoms in total. The smallest absolute Gasteiger partial charge is 0.123 e. The summed E-state index contributed by atoms with van der Waals surface area (Å²) >= 11 is 6.36. The number of rotatable bonds is 3. The van der Waals surface area contributed by atoms with Gasteiger partial charge in [-0.15, -0.1) is 11.6 Å². The molecule has 3 heteroatoms. The lowest BCUT2D eigenvalue weighted by atomic mass is 10.0. The van der Waals surface area contributed by atoms with Crippen LogP contribution >= 0.6 is 11.6 Å². The van der Waals surface area contributed by atoms with Crippen LogP contribution in [0.4, 0.5) is 4.39 Å². The number of alkyl halides is 1. The minimum absolute atomic E-state index is 0.141. The molecule has 0 amide bonds. The van der Waals surface area contributed by atoms with Crippen LogP contribution in [0.25, 0.3) is 0 Å². The number of hydrogen-bond donors (Lipinski definition) is 0. The van der Waals surface area contributed by atoms with E-state index in [1.807, 2.05) is 19.1 Å². The Morgan fingerprint density at radius 1 is 1.24 bits per heavy atom. The van der Waals surface area contributed by atoms with Gasteiger partial charge >= 0.3 is 0 Å². The zero-order valence-corrected chi connectivity index (χ0v) is 10.3. The average molecular weight is 250 g/mol. The van der Waals surface area contributed by atoms with Gasteiger partial charge in [0.15, 0.2) is 0 Å². The van der Waals surface area contributed by atoms with Crippen molar-refractivity contribution in [2.24, 2.45) is 0 Å². The normalized spacial score (nSPS) is 12.4. The molecule has 0 spiro atoms. The van der Waals surface area contributed by atoms with Crippen molar-refractivity contribution in [3.8, 4) is 0 Å². The van der Waals surface area contributed by atoms with Crippen molar-refractivity contribution in [3.05, 3.63) is 65.2 Å². The molecule has 0 aliphatic carbocycles. The third kappa shape index (κ3) is 3.04. The van der Waals surface area contributed by atoms with Gasteiger partial charge in [0.25, 0.3) is 0 Å². The van der Waals surface area contributed by atoms with Crippen LogP contribution in [0.5, 0.6) is 0 Å². The Labute approximate surface area is 105 Å². The molecule has 2 aromatic rings. The van der Waals surface area contributed by atoms with Crippen molar-refractivity contribution in [1.82, 2.24) is 4.98 Å². The van der Waals surface area contributed by atoms with E-state index >= 15 is 0 Å². The molecule has 0 fully saturated rings. The highest BCUT2D eigenvalue weighted by Crippen LogP contribution is 2.27. The minimum Gasteiger partial charge on any atom is -0.265 e. The van der Waals surface area contributed by atoms with E-state index in [2.05, 4.69) is 4.98 Å². The first kappa shape index (κ1) is 12.1. The van der Waals surface area contributed by atoms with Crippen molar-refractivity contribution in [2.45, 2.75) is 18.7 Å². The molecule has 0 bridgehead atoms. The summed E-state index contributed by atoms with van der Waals surface area (Å²) in [5.41, 5.74) is 2.99. The van der Waals surface area contributed by atoms with Gasteiger partial charge < -0.3 is 0 Å². The van der Waals surface area contributed by atoms with E-state index in [1.165, 1.54) is 12.1 Å². The molecule has 2 rings (SSSR count). The molecule has 88 valence electrons. The first-order chi connectivity index (χ1) is 8.16. The lowest BCUT2D eigenvalue weighted by molar-refractivity contribution is 0.625. The van der Waals surface area contributed by atoms with Crippen LogP contribution in [0.3, 0.4) is 0 Å². The minimum atomic E-state index is -0.223. The summed E-state index contributed by atoms with van der Waals surface area (Å²) in [4.78, 5) is 3.96. The molecule has 1 atom stereocenters. The average Bonchev–Trinajstić information content (AvgIpc) is 2.30. The van der Waals surface area contributed by atoms with Crippen molar-refractivity contribution in [1.29, 1.82) is 0 Å². The first-order valence-corrected chi connectivity index (χ1v) is 5.89. The Morgan fingerprint density at radius 3 is 2.59 bits per heavy atom. The maximum Gasteiger partial charge on any atom is 0.123 e. The van der Waals surface area contributed by atoms with Gasteiger partial charge in [-0.3, -0.25) is 4.98 Å². The van der Waals surface area contributed by atoms with E-state index in [0.717, 1.165) is 23.1 Å². The Hall–Kier alpha value is -1.41. The fourth-order valence-corrected chi connectivity index (χ4v) is 2.25. The van der Waals surface area contributed by atoms with Gasteiger partial charge in [0.2, 0.25) is 0 Å². The first-order valence-electron chi connectivity index (χ1n) is 5.46. The number of aromatic nitrogens is 1. The van der Waals surface area contributed by atoms with Crippen LogP contribution < -0.4 is 0 Å². The molecule has 0 saturated heterocycles. The number of aryl methyl sites for hydroxylation is 1. The van der Waals surface area contributed by atoms with Gasteiger partial charge in [-0.05, 0) is 54.3 Å². The van der Waals surface area contributed by atoms with Gasteiger partial charge in [0, 0.05) is 12.4 Å². The zero-order chi connectivity index (χ0) is 12.3. The maximum atomic E-state index is 13.0. The lowest BCUT2D eigenvalue weighted by Crippen LogP contribution is -1.99. The Bertz CT molecular complexity index is 499. The molecule has 1 unspecified atom stereocenters. The summed E-state index contributed by atoms with van der Waals surface area (Å²) in [5.74, 6) is -0.223. The van der Waals surface area contributed by atoms with Gasteiger partial charge in [0.05, 0.1) is 5.38 Å². The Kier molecular flexibility index (Phi) is 3.75. The lowest BCUT2D eigenvalue weighted by Gasteiger charge is -2.12. The molecular weight excluding hydrogens is 237 g/mol. The number of nitrogens with zero attached hydrogens (tertiary/aromatic N) is 1. The third-order valence-electron chi connectivity index (χ3n) is 2.73.